The first kappa shape index (κ1) is 15.8. The zero-order valence-corrected chi connectivity index (χ0v) is 12.8. The Labute approximate surface area is 125 Å². The summed E-state index contributed by atoms with van der Waals surface area (Å²) in [5, 5.41) is 6.19. The van der Waals surface area contributed by atoms with E-state index in [-0.39, 0.29) is 17.8 Å². The van der Waals surface area contributed by atoms with Crippen LogP contribution >= 0.6 is 0 Å². The summed E-state index contributed by atoms with van der Waals surface area (Å²) in [7, 11) is 0. The lowest BCUT2D eigenvalue weighted by Crippen LogP contribution is -2.51. The fraction of sp³-hybridized carbons (Fsp3) is 0.562. The van der Waals surface area contributed by atoms with Crippen LogP contribution in [0.2, 0.25) is 0 Å². The fourth-order valence-electron chi connectivity index (χ4n) is 2.58. The highest BCUT2D eigenvalue weighted by Gasteiger charge is 2.29. The summed E-state index contributed by atoms with van der Waals surface area (Å²) in [5.74, 6) is -0.0799. The summed E-state index contributed by atoms with van der Waals surface area (Å²) >= 11 is 0. The van der Waals surface area contributed by atoms with Gasteiger partial charge in [-0.3, -0.25) is 0 Å². The first-order valence-electron chi connectivity index (χ1n) is 7.31. The van der Waals surface area contributed by atoms with Crippen LogP contribution in [0.1, 0.15) is 38.7 Å². The van der Waals surface area contributed by atoms with Crippen molar-refractivity contribution in [2.24, 2.45) is 0 Å². The fourth-order valence-corrected chi connectivity index (χ4v) is 2.58. The number of piperidine rings is 1. The van der Waals surface area contributed by atoms with Gasteiger partial charge < -0.3 is 15.4 Å². The second-order valence-corrected chi connectivity index (χ2v) is 6.40. The van der Waals surface area contributed by atoms with Gasteiger partial charge in [0.2, 0.25) is 0 Å². The summed E-state index contributed by atoms with van der Waals surface area (Å²) in [4.78, 5) is 11.9. The minimum Gasteiger partial charge on any atom is -0.444 e. The number of hydrogen-bond donors (Lipinski definition) is 2. The molecule has 0 aliphatic carbocycles. The summed E-state index contributed by atoms with van der Waals surface area (Å²) in [6, 6.07) is 6.44. The average molecular weight is 294 g/mol. The number of nitrogens with one attached hydrogen (secondary N) is 2. The number of rotatable bonds is 2. The maximum atomic E-state index is 13.0. The van der Waals surface area contributed by atoms with E-state index in [1.807, 2.05) is 20.8 Å². The summed E-state index contributed by atoms with van der Waals surface area (Å²) in [5.41, 5.74) is 0.524. The third kappa shape index (κ3) is 4.70. The first-order chi connectivity index (χ1) is 9.85. The third-order valence-electron chi connectivity index (χ3n) is 3.48. The second kappa shape index (κ2) is 6.43. The Hall–Kier alpha value is -1.62. The van der Waals surface area contributed by atoms with Crippen LogP contribution in [0.5, 0.6) is 0 Å². The molecule has 1 heterocycles. The zero-order valence-electron chi connectivity index (χ0n) is 12.8. The number of halogens is 1. The van der Waals surface area contributed by atoms with Crippen molar-refractivity contribution in [1.82, 2.24) is 10.6 Å². The van der Waals surface area contributed by atoms with Crippen molar-refractivity contribution >= 4 is 6.09 Å². The lowest BCUT2D eigenvalue weighted by molar-refractivity contribution is 0.0489. The standard InChI is InChI=1S/C16H23FN2O2/c1-16(2,3)21-15(20)19-14-10-18-9-8-13(14)11-4-6-12(17)7-5-11/h4-7,13-14,18H,8-10H2,1-3H3,(H,19,20)/t13-,14-/m1/s1. The van der Waals surface area contributed by atoms with Gasteiger partial charge in [-0.2, -0.15) is 0 Å². The molecule has 4 nitrogen and oxygen atoms in total. The molecule has 0 aromatic heterocycles. The minimum absolute atomic E-state index is 0.0564. The molecule has 2 N–H and O–H groups in total. The number of amides is 1. The van der Waals surface area contributed by atoms with Crippen molar-refractivity contribution in [1.29, 1.82) is 0 Å². The number of carbonyl (C=O) groups excluding carboxylic acids is 1. The van der Waals surface area contributed by atoms with Gasteiger partial charge in [-0.1, -0.05) is 12.1 Å². The molecular weight excluding hydrogens is 271 g/mol. The van der Waals surface area contributed by atoms with E-state index in [0.717, 1.165) is 18.5 Å². The van der Waals surface area contributed by atoms with E-state index in [9.17, 15) is 9.18 Å². The lowest BCUT2D eigenvalue weighted by atomic mass is 9.86. The van der Waals surface area contributed by atoms with Gasteiger partial charge in [-0.05, 0) is 51.4 Å². The van der Waals surface area contributed by atoms with Gasteiger partial charge in [0.25, 0.3) is 0 Å². The molecule has 1 saturated heterocycles. The van der Waals surface area contributed by atoms with Gasteiger partial charge in [-0.25, -0.2) is 9.18 Å². The Kier molecular flexibility index (Phi) is 4.83. The van der Waals surface area contributed by atoms with Crippen LogP contribution in [0, 0.1) is 5.82 Å². The molecule has 2 rings (SSSR count). The van der Waals surface area contributed by atoms with Crippen molar-refractivity contribution in [2.45, 2.75) is 44.8 Å². The molecule has 5 heteroatoms. The highest BCUT2D eigenvalue weighted by molar-refractivity contribution is 5.68. The van der Waals surface area contributed by atoms with E-state index >= 15 is 0 Å². The zero-order chi connectivity index (χ0) is 15.5. The number of ether oxygens (including phenoxy) is 1. The molecule has 0 bridgehead atoms. The van der Waals surface area contributed by atoms with Crippen molar-refractivity contribution in [3.05, 3.63) is 35.6 Å². The molecule has 0 unspecified atom stereocenters. The monoisotopic (exact) mass is 294 g/mol. The minimum atomic E-state index is -0.516. The maximum absolute atomic E-state index is 13.0. The van der Waals surface area contributed by atoms with Gasteiger partial charge in [0.1, 0.15) is 11.4 Å². The normalized spacial score (nSPS) is 22.7. The molecule has 1 aliphatic rings. The molecule has 116 valence electrons. The predicted octanol–water partition coefficient (Wildman–Crippen LogP) is 2.80. The van der Waals surface area contributed by atoms with Gasteiger partial charge in [0, 0.05) is 12.5 Å². The summed E-state index contributed by atoms with van der Waals surface area (Å²) in [6.07, 6.45) is 0.481. The third-order valence-corrected chi connectivity index (χ3v) is 3.48. The largest absolute Gasteiger partial charge is 0.444 e. The van der Waals surface area contributed by atoms with Crippen LogP contribution < -0.4 is 10.6 Å². The summed E-state index contributed by atoms with van der Waals surface area (Å²) in [6.45, 7) is 7.07. The van der Waals surface area contributed by atoms with Crippen molar-refractivity contribution < 1.29 is 13.9 Å². The average Bonchev–Trinajstić information content (AvgIpc) is 2.38. The SMILES string of the molecule is CC(C)(C)OC(=O)N[C@@H]1CNCC[C@@H]1c1ccc(F)cc1. The summed E-state index contributed by atoms with van der Waals surface area (Å²) < 4.78 is 18.4. The highest BCUT2D eigenvalue weighted by atomic mass is 19.1. The van der Waals surface area contributed by atoms with Crippen LogP contribution in [-0.2, 0) is 4.74 Å². The van der Waals surface area contributed by atoms with E-state index in [1.54, 1.807) is 12.1 Å². The molecule has 1 fully saturated rings. The van der Waals surface area contributed by atoms with Crippen LogP contribution in [0.25, 0.3) is 0 Å². The number of hydrogen-bond acceptors (Lipinski definition) is 3. The molecule has 1 amide bonds. The molecule has 0 spiro atoms. The first-order valence-corrected chi connectivity index (χ1v) is 7.31. The van der Waals surface area contributed by atoms with Crippen LogP contribution in [0.3, 0.4) is 0 Å². The van der Waals surface area contributed by atoms with Gasteiger partial charge in [0.15, 0.2) is 0 Å². The van der Waals surface area contributed by atoms with Crippen molar-refractivity contribution in [3.63, 3.8) is 0 Å². The van der Waals surface area contributed by atoms with Crippen LogP contribution in [0.4, 0.5) is 9.18 Å². The van der Waals surface area contributed by atoms with E-state index in [1.165, 1.54) is 12.1 Å². The maximum Gasteiger partial charge on any atom is 0.407 e. The van der Waals surface area contributed by atoms with Gasteiger partial charge in [0.05, 0.1) is 6.04 Å². The molecule has 1 aliphatic heterocycles. The predicted molar refractivity (Wildman–Crippen MR) is 79.8 cm³/mol. The molecule has 0 saturated carbocycles. The van der Waals surface area contributed by atoms with Crippen LogP contribution in [-0.4, -0.2) is 30.8 Å². The molecular formula is C16H23FN2O2. The Morgan fingerprint density at radius 3 is 2.62 bits per heavy atom. The quantitative estimate of drug-likeness (QED) is 0.882. The van der Waals surface area contributed by atoms with E-state index in [0.29, 0.717) is 6.54 Å². The van der Waals surface area contributed by atoms with Gasteiger partial charge >= 0.3 is 6.09 Å². The highest BCUT2D eigenvalue weighted by Crippen LogP contribution is 2.26. The second-order valence-electron chi connectivity index (χ2n) is 6.40. The molecule has 2 atom stereocenters. The number of benzene rings is 1. The van der Waals surface area contributed by atoms with Crippen molar-refractivity contribution in [2.75, 3.05) is 13.1 Å². The lowest BCUT2D eigenvalue weighted by Gasteiger charge is -2.33. The Balaban J connectivity index is 2.05. The Morgan fingerprint density at radius 1 is 1.33 bits per heavy atom. The van der Waals surface area contributed by atoms with E-state index < -0.39 is 11.7 Å². The smallest absolute Gasteiger partial charge is 0.407 e. The molecule has 1 aromatic carbocycles. The number of alkyl carbamates (subject to hydrolysis) is 1. The Bertz CT molecular complexity index is 482. The van der Waals surface area contributed by atoms with E-state index in [4.69, 9.17) is 4.74 Å². The number of carbonyl (C=O) groups is 1. The molecule has 0 radical (unpaired) electrons. The van der Waals surface area contributed by atoms with Gasteiger partial charge in [-0.15, -0.1) is 0 Å². The van der Waals surface area contributed by atoms with Crippen molar-refractivity contribution in [3.8, 4) is 0 Å². The van der Waals surface area contributed by atoms with Crippen LogP contribution in [0.15, 0.2) is 24.3 Å². The topological polar surface area (TPSA) is 50.4 Å². The Morgan fingerprint density at radius 2 is 2.00 bits per heavy atom. The molecule has 21 heavy (non-hydrogen) atoms. The van der Waals surface area contributed by atoms with E-state index in [2.05, 4.69) is 10.6 Å². The molecule has 1 aromatic rings.